The molecule has 54 valence electrons. The molecule has 0 saturated heterocycles. The maximum absolute atomic E-state index is 11.0. The van der Waals surface area contributed by atoms with Crippen LogP contribution in [0.5, 0.6) is 0 Å². The Morgan fingerprint density at radius 1 is 1.90 bits per heavy atom. The van der Waals surface area contributed by atoms with Crippen molar-refractivity contribution in [1.82, 2.24) is 15.3 Å². The maximum Gasteiger partial charge on any atom is 0.194 e. The van der Waals surface area contributed by atoms with Crippen LogP contribution >= 0.6 is 0 Å². The third kappa shape index (κ3) is 1.41. The van der Waals surface area contributed by atoms with Crippen molar-refractivity contribution in [3.8, 4) is 0 Å². The van der Waals surface area contributed by atoms with E-state index in [1.807, 2.05) is 0 Å². The van der Waals surface area contributed by atoms with E-state index in [-0.39, 0.29) is 5.78 Å². The molecule has 0 spiro atoms. The molecule has 0 amide bonds. The molecule has 0 saturated carbocycles. The van der Waals surface area contributed by atoms with E-state index in [1.165, 1.54) is 12.5 Å². The topological polar surface area (TPSA) is 57.8 Å². The first-order chi connectivity index (χ1) is 4.84. The van der Waals surface area contributed by atoms with Gasteiger partial charge in [0, 0.05) is 0 Å². The van der Waals surface area contributed by atoms with Crippen molar-refractivity contribution >= 4 is 5.78 Å². The summed E-state index contributed by atoms with van der Waals surface area (Å²) in [7, 11) is 1.73. The molecule has 0 aromatic carbocycles. The van der Waals surface area contributed by atoms with Gasteiger partial charge in [0.2, 0.25) is 0 Å². The molecule has 0 fully saturated rings. The number of hydrogen-bond donors (Lipinski definition) is 2. The van der Waals surface area contributed by atoms with Crippen LogP contribution in [0.2, 0.25) is 0 Å². The van der Waals surface area contributed by atoms with E-state index in [1.54, 1.807) is 7.05 Å². The van der Waals surface area contributed by atoms with Crippen LogP contribution in [0.1, 0.15) is 10.5 Å². The van der Waals surface area contributed by atoms with Crippen LogP contribution in [0.3, 0.4) is 0 Å². The molecule has 1 rings (SSSR count). The summed E-state index contributed by atoms with van der Waals surface area (Å²) in [5.74, 6) is 0.0278. The lowest BCUT2D eigenvalue weighted by atomic mass is 10.3. The third-order valence-corrected chi connectivity index (χ3v) is 1.14. The lowest BCUT2D eigenvalue weighted by Gasteiger charge is -1.92. The van der Waals surface area contributed by atoms with Crippen LogP contribution in [-0.2, 0) is 0 Å². The number of imidazole rings is 1. The molecule has 1 aromatic rings. The smallest absolute Gasteiger partial charge is 0.194 e. The van der Waals surface area contributed by atoms with Gasteiger partial charge in [0.15, 0.2) is 5.78 Å². The number of hydrogen-bond acceptors (Lipinski definition) is 3. The molecular formula is C6H9N3O. The molecule has 4 heteroatoms. The second kappa shape index (κ2) is 3.12. The molecule has 1 heterocycles. The van der Waals surface area contributed by atoms with Gasteiger partial charge in [-0.05, 0) is 7.05 Å². The Labute approximate surface area is 58.7 Å². The maximum atomic E-state index is 11.0. The second-order valence-corrected chi connectivity index (χ2v) is 1.92. The van der Waals surface area contributed by atoms with Gasteiger partial charge in [-0.25, -0.2) is 4.98 Å². The van der Waals surface area contributed by atoms with Crippen molar-refractivity contribution in [2.24, 2.45) is 0 Å². The average Bonchev–Trinajstić information content (AvgIpc) is 2.38. The molecule has 0 atom stereocenters. The molecule has 0 unspecified atom stereocenters. The van der Waals surface area contributed by atoms with Gasteiger partial charge < -0.3 is 10.3 Å². The van der Waals surface area contributed by atoms with Gasteiger partial charge in [-0.2, -0.15) is 0 Å². The first kappa shape index (κ1) is 6.95. The minimum atomic E-state index is 0.0278. The fourth-order valence-corrected chi connectivity index (χ4v) is 0.664. The van der Waals surface area contributed by atoms with Crippen LogP contribution in [0, 0.1) is 0 Å². The molecular weight excluding hydrogens is 130 g/mol. The van der Waals surface area contributed by atoms with Gasteiger partial charge in [0.1, 0.15) is 5.69 Å². The summed E-state index contributed by atoms with van der Waals surface area (Å²) in [6.07, 6.45) is 3.00. The van der Waals surface area contributed by atoms with E-state index in [2.05, 4.69) is 15.3 Å². The Balaban J connectivity index is 2.59. The van der Waals surface area contributed by atoms with Crippen molar-refractivity contribution in [2.45, 2.75) is 0 Å². The number of ketones is 1. The Hall–Kier alpha value is -1.16. The molecule has 4 nitrogen and oxygen atoms in total. The number of carbonyl (C=O) groups excluding carboxylic acids is 1. The summed E-state index contributed by atoms with van der Waals surface area (Å²) in [4.78, 5) is 17.4. The van der Waals surface area contributed by atoms with Crippen LogP contribution in [0.15, 0.2) is 12.5 Å². The Kier molecular flexibility index (Phi) is 2.17. The Morgan fingerprint density at radius 2 is 2.70 bits per heavy atom. The first-order valence-corrected chi connectivity index (χ1v) is 3.00. The number of nitrogens with zero attached hydrogens (tertiary/aromatic N) is 1. The molecule has 0 radical (unpaired) electrons. The molecule has 0 bridgehead atoms. The summed E-state index contributed by atoms with van der Waals surface area (Å²) in [6.45, 7) is 0.349. The van der Waals surface area contributed by atoms with Gasteiger partial charge in [-0.1, -0.05) is 0 Å². The lowest BCUT2D eigenvalue weighted by Crippen LogP contribution is -2.18. The van der Waals surface area contributed by atoms with Crippen LogP contribution in [-0.4, -0.2) is 29.3 Å². The van der Waals surface area contributed by atoms with Crippen molar-refractivity contribution in [1.29, 1.82) is 0 Å². The van der Waals surface area contributed by atoms with Gasteiger partial charge in [0.25, 0.3) is 0 Å². The fourth-order valence-electron chi connectivity index (χ4n) is 0.664. The fraction of sp³-hybridized carbons (Fsp3) is 0.333. The number of aromatic amines is 1. The van der Waals surface area contributed by atoms with Gasteiger partial charge in [-0.3, -0.25) is 4.79 Å². The van der Waals surface area contributed by atoms with Gasteiger partial charge in [-0.15, -0.1) is 0 Å². The zero-order valence-corrected chi connectivity index (χ0v) is 5.72. The Bertz CT molecular complexity index is 205. The molecule has 0 aliphatic carbocycles. The number of aromatic nitrogens is 2. The number of Topliss-reactive ketones (excluding diaryl/α,β-unsaturated/α-hetero) is 1. The predicted molar refractivity (Wildman–Crippen MR) is 36.8 cm³/mol. The molecule has 0 aliphatic heterocycles. The number of carbonyl (C=O) groups is 1. The molecule has 10 heavy (non-hydrogen) atoms. The van der Waals surface area contributed by atoms with Gasteiger partial charge in [0.05, 0.1) is 19.1 Å². The van der Waals surface area contributed by atoms with E-state index >= 15 is 0 Å². The normalized spacial score (nSPS) is 9.70. The third-order valence-electron chi connectivity index (χ3n) is 1.14. The summed E-state index contributed by atoms with van der Waals surface area (Å²) in [5, 5.41) is 2.76. The largest absolute Gasteiger partial charge is 0.342 e. The number of nitrogens with one attached hydrogen (secondary N) is 2. The molecule has 1 aromatic heterocycles. The lowest BCUT2D eigenvalue weighted by molar-refractivity contribution is 0.0989. The summed E-state index contributed by atoms with van der Waals surface area (Å²) >= 11 is 0. The second-order valence-electron chi connectivity index (χ2n) is 1.92. The minimum absolute atomic E-state index is 0.0278. The van der Waals surface area contributed by atoms with Crippen LogP contribution in [0.25, 0.3) is 0 Å². The zero-order chi connectivity index (χ0) is 7.40. The number of H-pyrrole nitrogens is 1. The van der Waals surface area contributed by atoms with E-state index in [4.69, 9.17) is 0 Å². The highest BCUT2D eigenvalue weighted by Crippen LogP contribution is 1.90. The number of rotatable bonds is 3. The van der Waals surface area contributed by atoms with E-state index in [9.17, 15) is 4.79 Å². The van der Waals surface area contributed by atoms with Gasteiger partial charge >= 0.3 is 0 Å². The Morgan fingerprint density at radius 3 is 3.20 bits per heavy atom. The predicted octanol–water partition coefficient (Wildman–Crippen LogP) is -0.188. The summed E-state index contributed by atoms with van der Waals surface area (Å²) < 4.78 is 0. The van der Waals surface area contributed by atoms with Crippen molar-refractivity contribution in [3.63, 3.8) is 0 Å². The van der Waals surface area contributed by atoms with E-state index < -0.39 is 0 Å². The molecule has 0 aliphatic rings. The highest BCUT2D eigenvalue weighted by Gasteiger charge is 2.03. The monoisotopic (exact) mass is 139 g/mol. The quantitative estimate of drug-likeness (QED) is 0.571. The highest BCUT2D eigenvalue weighted by molar-refractivity contribution is 5.95. The van der Waals surface area contributed by atoms with E-state index in [0.29, 0.717) is 12.2 Å². The first-order valence-electron chi connectivity index (χ1n) is 3.00. The van der Waals surface area contributed by atoms with Crippen LogP contribution < -0.4 is 5.32 Å². The number of likely N-dealkylation sites (N-methyl/N-ethyl adjacent to an activating group) is 1. The van der Waals surface area contributed by atoms with Crippen molar-refractivity contribution < 1.29 is 4.79 Å². The highest BCUT2D eigenvalue weighted by atomic mass is 16.1. The summed E-state index contributed by atoms with van der Waals surface area (Å²) in [6, 6.07) is 0. The van der Waals surface area contributed by atoms with Crippen molar-refractivity contribution in [3.05, 3.63) is 18.2 Å². The molecule has 2 N–H and O–H groups in total. The van der Waals surface area contributed by atoms with Crippen molar-refractivity contribution in [2.75, 3.05) is 13.6 Å². The summed E-state index contributed by atoms with van der Waals surface area (Å²) in [5.41, 5.74) is 0.550. The van der Waals surface area contributed by atoms with Crippen LogP contribution in [0.4, 0.5) is 0 Å². The minimum Gasteiger partial charge on any atom is -0.342 e. The standard InChI is InChI=1S/C6H9N3O/c1-7-3-6(10)5-2-8-4-9-5/h2,4,7H,3H2,1H3,(H,8,9). The zero-order valence-electron chi connectivity index (χ0n) is 5.72. The SMILES string of the molecule is CNCC(=O)c1cnc[nH]1. The average molecular weight is 139 g/mol. The van der Waals surface area contributed by atoms with E-state index in [0.717, 1.165) is 0 Å².